The van der Waals surface area contributed by atoms with Crippen LogP contribution in [-0.2, 0) is 17.8 Å². The molecule has 1 heterocycles. The van der Waals surface area contributed by atoms with E-state index in [0.29, 0.717) is 39.0 Å². The van der Waals surface area contributed by atoms with E-state index in [4.69, 9.17) is 10.8 Å². The average Bonchev–Trinajstić information content (AvgIpc) is 3.23. The number of carbonyl (C=O) groups is 2. The Balaban J connectivity index is 1.77. The lowest BCUT2D eigenvalue weighted by molar-refractivity contribution is -0.136. The van der Waals surface area contributed by atoms with Gasteiger partial charge in [-0.25, -0.2) is 4.39 Å². The Morgan fingerprint density at radius 3 is 2.55 bits per heavy atom. The van der Waals surface area contributed by atoms with E-state index in [2.05, 4.69) is 10.3 Å². The highest BCUT2D eigenvalue weighted by molar-refractivity contribution is 6.09. The molecule has 0 aliphatic carbocycles. The zero-order valence-electron chi connectivity index (χ0n) is 16.5. The zero-order chi connectivity index (χ0) is 22.0. The van der Waals surface area contributed by atoms with Crippen molar-refractivity contribution in [1.82, 2.24) is 4.98 Å². The number of nitrogens with one attached hydrogen (secondary N) is 2. The Bertz CT molecular complexity index is 1300. The average molecular weight is 417 g/mol. The second-order valence-corrected chi connectivity index (χ2v) is 7.13. The van der Waals surface area contributed by atoms with Gasteiger partial charge < -0.3 is 21.1 Å². The molecule has 3 aromatic carbocycles. The lowest BCUT2D eigenvalue weighted by Crippen LogP contribution is -2.14. The number of amides is 1. The molecule has 6 nitrogen and oxygen atoms in total. The maximum atomic E-state index is 15.0. The van der Waals surface area contributed by atoms with Crippen molar-refractivity contribution in [2.45, 2.75) is 13.0 Å². The summed E-state index contributed by atoms with van der Waals surface area (Å²) in [6.45, 7) is 0.0660. The van der Waals surface area contributed by atoms with Crippen molar-refractivity contribution < 1.29 is 19.1 Å². The monoisotopic (exact) mass is 417 g/mol. The van der Waals surface area contributed by atoms with Crippen LogP contribution in [0.25, 0.3) is 22.0 Å². The molecule has 4 rings (SSSR count). The van der Waals surface area contributed by atoms with Crippen LogP contribution >= 0.6 is 0 Å². The first-order valence-corrected chi connectivity index (χ1v) is 9.68. The molecule has 0 fully saturated rings. The van der Waals surface area contributed by atoms with Gasteiger partial charge >= 0.3 is 5.97 Å². The van der Waals surface area contributed by atoms with Gasteiger partial charge in [0.2, 0.25) is 0 Å². The minimum atomic E-state index is -0.993. The van der Waals surface area contributed by atoms with E-state index in [1.54, 1.807) is 60.8 Å². The molecule has 1 amide bonds. The number of aromatic amines is 1. The molecule has 4 aromatic rings. The van der Waals surface area contributed by atoms with Crippen molar-refractivity contribution in [2.24, 2.45) is 5.73 Å². The molecule has 0 unspecified atom stereocenters. The first-order chi connectivity index (χ1) is 15.0. The number of H-pyrrole nitrogens is 1. The van der Waals surface area contributed by atoms with Crippen molar-refractivity contribution in [3.63, 3.8) is 0 Å². The summed E-state index contributed by atoms with van der Waals surface area (Å²) in [7, 11) is 0. The van der Waals surface area contributed by atoms with Gasteiger partial charge in [-0.2, -0.15) is 0 Å². The molecule has 5 N–H and O–H groups in total. The predicted molar refractivity (Wildman–Crippen MR) is 117 cm³/mol. The summed E-state index contributed by atoms with van der Waals surface area (Å²) in [5.74, 6) is -1.84. The van der Waals surface area contributed by atoms with Crippen LogP contribution < -0.4 is 11.1 Å². The number of hydrogen-bond acceptors (Lipinski definition) is 3. The van der Waals surface area contributed by atoms with Crippen molar-refractivity contribution >= 4 is 28.5 Å². The molecule has 7 heteroatoms. The van der Waals surface area contributed by atoms with Crippen LogP contribution in [-0.4, -0.2) is 22.0 Å². The second-order valence-electron chi connectivity index (χ2n) is 7.13. The number of halogens is 1. The fraction of sp³-hybridized carbons (Fsp3) is 0.0833. The lowest BCUT2D eigenvalue weighted by Gasteiger charge is -2.13. The topological polar surface area (TPSA) is 108 Å². The summed E-state index contributed by atoms with van der Waals surface area (Å²) < 4.78 is 15.0. The van der Waals surface area contributed by atoms with Gasteiger partial charge in [0.15, 0.2) is 0 Å². The molecular formula is C24H20FN3O3. The Morgan fingerprint density at radius 2 is 1.77 bits per heavy atom. The summed E-state index contributed by atoms with van der Waals surface area (Å²) in [5.41, 5.74) is 8.86. The SMILES string of the molecule is NCc1cccc(-c2cc(C(=O)Nc3ccccc3CC(=O)O)cc3[nH]ccc23)c1F. The number of hydrogen-bond donors (Lipinski definition) is 4. The van der Waals surface area contributed by atoms with Gasteiger partial charge in [-0.1, -0.05) is 36.4 Å². The Morgan fingerprint density at radius 1 is 1.00 bits per heavy atom. The molecule has 0 atom stereocenters. The number of aliphatic carboxylic acids is 1. The first-order valence-electron chi connectivity index (χ1n) is 9.68. The number of rotatable bonds is 6. The van der Waals surface area contributed by atoms with E-state index in [9.17, 15) is 9.59 Å². The van der Waals surface area contributed by atoms with Crippen LogP contribution in [0.15, 0.2) is 66.9 Å². The molecule has 0 radical (unpaired) electrons. The van der Waals surface area contributed by atoms with Gasteiger partial charge in [0, 0.05) is 46.0 Å². The molecular weight excluding hydrogens is 397 g/mol. The van der Waals surface area contributed by atoms with E-state index < -0.39 is 17.7 Å². The predicted octanol–water partition coefficient (Wildman–Crippen LogP) is 4.31. The maximum Gasteiger partial charge on any atom is 0.307 e. The minimum absolute atomic E-state index is 0.0660. The number of fused-ring (bicyclic) bond motifs is 1. The van der Waals surface area contributed by atoms with Crippen molar-refractivity contribution in [3.8, 4) is 11.1 Å². The highest BCUT2D eigenvalue weighted by Gasteiger charge is 2.17. The lowest BCUT2D eigenvalue weighted by atomic mass is 9.96. The Kier molecular flexibility index (Phi) is 5.51. The van der Waals surface area contributed by atoms with Crippen molar-refractivity contribution in [3.05, 3.63) is 89.4 Å². The maximum absolute atomic E-state index is 15.0. The van der Waals surface area contributed by atoms with Crippen molar-refractivity contribution in [2.75, 3.05) is 5.32 Å². The summed E-state index contributed by atoms with van der Waals surface area (Å²) in [6, 6.07) is 16.9. The molecule has 0 aliphatic heterocycles. The van der Waals surface area contributed by atoms with Crippen LogP contribution in [0.3, 0.4) is 0 Å². The Hall–Kier alpha value is -3.97. The van der Waals surface area contributed by atoms with Crippen LogP contribution in [0.5, 0.6) is 0 Å². The van der Waals surface area contributed by atoms with Gasteiger partial charge in [0.1, 0.15) is 5.82 Å². The molecule has 31 heavy (non-hydrogen) atoms. The third-order valence-electron chi connectivity index (χ3n) is 5.13. The summed E-state index contributed by atoms with van der Waals surface area (Å²) in [4.78, 5) is 27.2. The van der Waals surface area contributed by atoms with E-state index in [1.165, 1.54) is 0 Å². The molecule has 0 bridgehead atoms. The number of carboxylic acid groups (broad SMARTS) is 1. The third kappa shape index (κ3) is 4.04. The highest BCUT2D eigenvalue weighted by Crippen LogP contribution is 2.33. The molecule has 0 saturated carbocycles. The van der Waals surface area contributed by atoms with Gasteiger partial charge in [-0.15, -0.1) is 0 Å². The van der Waals surface area contributed by atoms with E-state index in [-0.39, 0.29) is 13.0 Å². The Labute approximate surface area is 177 Å². The second kappa shape index (κ2) is 8.41. The quantitative estimate of drug-likeness (QED) is 0.375. The largest absolute Gasteiger partial charge is 0.481 e. The van der Waals surface area contributed by atoms with Gasteiger partial charge in [-0.05, 0) is 35.4 Å². The fourth-order valence-electron chi connectivity index (χ4n) is 3.62. The van der Waals surface area contributed by atoms with Crippen LogP contribution in [0.2, 0.25) is 0 Å². The van der Waals surface area contributed by atoms with Crippen LogP contribution in [0.1, 0.15) is 21.5 Å². The summed E-state index contributed by atoms with van der Waals surface area (Å²) >= 11 is 0. The van der Waals surface area contributed by atoms with E-state index in [0.717, 1.165) is 5.39 Å². The van der Waals surface area contributed by atoms with Crippen LogP contribution in [0.4, 0.5) is 10.1 Å². The molecule has 0 aliphatic rings. The number of para-hydroxylation sites is 1. The zero-order valence-corrected chi connectivity index (χ0v) is 16.5. The normalized spacial score (nSPS) is 10.9. The number of nitrogens with two attached hydrogens (primary N) is 1. The number of benzene rings is 3. The number of aromatic nitrogens is 1. The molecule has 1 aromatic heterocycles. The fourth-order valence-corrected chi connectivity index (χ4v) is 3.62. The van der Waals surface area contributed by atoms with Crippen LogP contribution in [0, 0.1) is 5.82 Å². The molecule has 0 spiro atoms. The standard InChI is InChI=1S/C24H20FN3O3/c25-23-15(13-26)5-3-6-18(23)19-10-16(11-21-17(19)8-9-27-21)24(31)28-20-7-2-1-4-14(20)12-22(29)30/h1-11,27H,12-13,26H2,(H,28,31)(H,29,30). The van der Waals surface area contributed by atoms with E-state index in [1.807, 2.05) is 6.07 Å². The summed E-state index contributed by atoms with van der Waals surface area (Å²) in [6.07, 6.45) is 1.51. The highest BCUT2D eigenvalue weighted by atomic mass is 19.1. The smallest absolute Gasteiger partial charge is 0.307 e. The number of carboxylic acids is 1. The number of carbonyl (C=O) groups excluding carboxylic acids is 1. The number of anilines is 1. The third-order valence-corrected chi connectivity index (χ3v) is 5.13. The van der Waals surface area contributed by atoms with Crippen molar-refractivity contribution in [1.29, 1.82) is 0 Å². The first kappa shape index (κ1) is 20.3. The van der Waals surface area contributed by atoms with Gasteiger partial charge in [-0.3, -0.25) is 9.59 Å². The van der Waals surface area contributed by atoms with Gasteiger partial charge in [0.05, 0.1) is 6.42 Å². The molecule has 0 saturated heterocycles. The molecule has 156 valence electrons. The summed E-state index contributed by atoms with van der Waals surface area (Å²) in [5, 5.41) is 12.7. The van der Waals surface area contributed by atoms with E-state index >= 15 is 4.39 Å². The van der Waals surface area contributed by atoms with Gasteiger partial charge in [0.25, 0.3) is 5.91 Å². The minimum Gasteiger partial charge on any atom is -0.481 e.